The quantitative estimate of drug-likeness (QED) is 0.871. The summed E-state index contributed by atoms with van der Waals surface area (Å²) in [6, 6.07) is 1.85. The number of nitrogens with zero attached hydrogens (tertiary/aromatic N) is 3. The van der Waals surface area contributed by atoms with Gasteiger partial charge in [-0.25, -0.2) is 4.79 Å². The van der Waals surface area contributed by atoms with Crippen LogP contribution >= 0.6 is 0 Å². The summed E-state index contributed by atoms with van der Waals surface area (Å²) in [5.41, 5.74) is 0.0195. The predicted octanol–water partition coefficient (Wildman–Crippen LogP) is 2.71. The molecule has 1 aromatic rings. The average molecular weight is 318 g/mol. The Balaban J connectivity index is 1.83. The first-order chi connectivity index (χ1) is 10.9. The summed E-state index contributed by atoms with van der Waals surface area (Å²) >= 11 is 0. The van der Waals surface area contributed by atoms with Gasteiger partial charge < -0.3 is 5.32 Å². The fourth-order valence-electron chi connectivity index (χ4n) is 4.01. The van der Waals surface area contributed by atoms with Crippen LogP contribution in [0, 0.1) is 11.8 Å². The molecule has 2 fully saturated rings. The second-order valence-corrected chi connectivity index (χ2v) is 7.30. The van der Waals surface area contributed by atoms with Crippen LogP contribution < -0.4 is 5.32 Å². The summed E-state index contributed by atoms with van der Waals surface area (Å²) in [5.74, 6) is 0.253. The highest BCUT2D eigenvalue weighted by Gasteiger charge is 2.58. The van der Waals surface area contributed by atoms with Gasteiger partial charge in [-0.2, -0.15) is 5.10 Å². The lowest BCUT2D eigenvalue weighted by molar-refractivity contribution is -0.137. The van der Waals surface area contributed by atoms with Crippen LogP contribution in [0.2, 0.25) is 0 Å². The second-order valence-electron chi connectivity index (χ2n) is 7.30. The molecule has 3 rings (SSSR count). The van der Waals surface area contributed by atoms with Crippen molar-refractivity contribution < 1.29 is 9.59 Å². The van der Waals surface area contributed by atoms with Gasteiger partial charge in [0.2, 0.25) is 0 Å². The van der Waals surface area contributed by atoms with Crippen molar-refractivity contribution >= 4 is 11.9 Å². The van der Waals surface area contributed by atoms with Gasteiger partial charge in [-0.15, -0.1) is 0 Å². The molecule has 126 valence electrons. The van der Waals surface area contributed by atoms with Gasteiger partial charge in [0, 0.05) is 12.2 Å². The third kappa shape index (κ3) is 2.44. The van der Waals surface area contributed by atoms with E-state index in [0.717, 1.165) is 25.0 Å². The Morgan fingerprint density at radius 1 is 1.30 bits per heavy atom. The average Bonchev–Trinajstić information content (AvgIpc) is 3.05. The summed E-state index contributed by atoms with van der Waals surface area (Å²) in [6.07, 6.45) is 4.96. The number of aromatic nitrogens is 2. The maximum absolute atomic E-state index is 13.1. The van der Waals surface area contributed by atoms with Crippen molar-refractivity contribution in [3.8, 4) is 0 Å². The summed E-state index contributed by atoms with van der Waals surface area (Å²) in [5, 5.41) is 7.48. The molecule has 0 bridgehead atoms. The van der Waals surface area contributed by atoms with Crippen LogP contribution in [0.15, 0.2) is 12.3 Å². The number of imide groups is 1. The van der Waals surface area contributed by atoms with Gasteiger partial charge in [-0.05, 0) is 44.6 Å². The van der Waals surface area contributed by atoms with E-state index >= 15 is 0 Å². The molecule has 0 aromatic carbocycles. The third-order valence-electron chi connectivity index (χ3n) is 5.50. The van der Waals surface area contributed by atoms with Gasteiger partial charge in [-0.3, -0.25) is 14.4 Å². The summed E-state index contributed by atoms with van der Waals surface area (Å²) in [4.78, 5) is 26.9. The fourth-order valence-corrected chi connectivity index (χ4v) is 4.01. The Kier molecular flexibility index (Phi) is 3.94. The molecular weight excluding hydrogens is 292 g/mol. The first-order valence-electron chi connectivity index (χ1n) is 8.54. The van der Waals surface area contributed by atoms with Gasteiger partial charge >= 0.3 is 6.03 Å². The van der Waals surface area contributed by atoms with E-state index in [4.69, 9.17) is 0 Å². The Bertz CT molecular complexity index is 612. The minimum atomic E-state index is -0.726. The van der Waals surface area contributed by atoms with E-state index in [9.17, 15) is 9.59 Å². The number of amides is 3. The number of hydrogen-bond acceptors (Lipinski definition) is 3. The second kappa shape index (κ2) is 5.65. The lowest BCUT2D eigenvalue weighted by Gasteiger charge is -2.42. The van der Waals surface area contributed by atoms with E-state index in [0.29, 0.717) is 0 Å². The highest BCUT2D eigenvalue weighted by molar-refractivity contribution is 6.07. The van der Waals surface area contributed by atoms with Crippen LogP contribution in [-0.4, -0.2) is 32.2 Å². The van der Waals surface area contributed by atoms with Crippen molar-refractivity contribution in [1.82, 2.24) is 20.0 Å². The van der Waals surface area contributed by atoms with E-state index in [-0.39, 0.29) is 36.4 Å². The van der Waals surface area contributed by atoms with Crippen molar-refractivity contribution in [2.75, 3.05) is 0 Å². The van der Waals surface area contributed by atoms with Crippen molar-refractivity contribution in [3.63, 3.8) is 0 Å². The standard InChI is InChI=1S/C17H26N4O2/c1-11(2)21-9-8-14(19-21)10-20-15(22)17(18-16(20)23)12(3)6-5-7-13(17)4/h8-9,11-13H,5-7,10H2,1-4H3,(H,18,23). The molecule has 0 radical (unpaired) electrons. The Morgan fingerprint density at radius 2 is 1.96 bits per heavy atom. The van der Waals surface area contributed by atoms with Gasteiger partial charge in [0.1, 0.15) is 5.54 Å². The highest BCUT2D eigenvalue weighted by Crippen LogP contribution is 2.42. The fraction of sp³-hybridized carbons (Fsp3) is 0.706. The van der Waals surface area contributed by atoms with Gasteiger partial charge in [-0.1, -0.05) is 20.3 Å². The predicted molar refractivity (Wildman–Crippen MR) is 86.6 cm³/mol. The maximum Gasteiger partial charge on any atom is 0.325 e. The molecule has 3 amide bonds. The molecule has 1 spiro atoms. The van der Waals surface area contributed by atoms with Crippen molar-refractivity contribution in [3.05, 3.63) is 18.0 Å². The van der Waals surface area contributed by atoms with Crippen LogP contribution in [0.5, 0.6) is 0 Å². The van der Waals surface area contributed by atoms with Crippen LogP contribution in [0.3, 0.4) is 0 Å². The Morgan fingerprint density at radius 3 is 2.52 bits per heavy atom. The zero-order valence-corrected chi connectivity index (χ0v) is 14.4. The maximum atomic E-state index is 13.1. The first kappa shape index (κ1) is 16.0. The van der Waals surface area contributed by atoms with E-state index in [1.807, 2.05) is 30.8 Å². The first-order valence-corrected chi connectivity index (χ1v) is 8.54. The smallest absolute Gasteiger partial charge is 0.323 e. The Hall–Kier alpha value is -1.85. The normalized spacial score (nSPS) is 31.3. The van der Waals surface area contributed by atoms with E-state index in [2.05, 4.69) is 24.3 Å². The molecule has 1 aliphatic carbocycles. The molecule has 2 heterocycles. The van der Waals surface area contributed by atoms with Gasteiger partial charge in [0.05, 0.1) is 12.2 Å². The largest absolute Gasteiger partial charge is 0.325 e. The monoisotopic (exact) mass is 318 g/mol. The zero-order valence-electron chi connectivity index (χ0n) is 14.4. The SMILES string of the molecule is CC(C)n1ccc(CN2C(=O)NC3(C2=O)C(C)CCCC3C)n1. The number of carbonyl (C=O) groups is 2. The number of rotatable bonds is 3. The van der Waals surface area contributed by atoms with E-state index in [1.54, 1.807) is 0 Å². The van der Waals surface area contributed by atoms with Crippen molar-refractivity contribution in [1.29, 1.82) is 0 Å². The van der Waals surface area contributed by atoms with Crippen LogP contribution in [-0.2, 0) is 11.3 Å². The van der Waals surface area contributed by atoms with Crippen LogP contribution in [0.25, 0.3) is 0 Å². The molecule has 1 saturated heterocycles. The molecule has 6 heteroatoms. The molecular formula is C17H26N4O2. The molecule has 1 N–H and O–H groups in total. The van der Waals surface area contributed by atoms with E-state index < -0.39 is 5.54 Å². The van der Waals surface area contributed by atoms with Gasteiger partial charge in [0.15, 0.2) is 0 Å². The molecule has 1 aromatic heterocycles. The molecule has 1 saturated carbocycles. The van der Waals surface area contributed by atoms with Crippen LogP contribution in [0.4, 0.5) is 4.79 Å². The van der Waals surface area contributed by atoms with Gasteiger partial charge in [0.25, 0.3) is 5.91 Å². The Labute approximate surface area is 137 Å². The lowest BCUT2D eigenvalue weighted by Crippen LogP contribution is -2.58. The molecule has 23 heavy (non-hydrogen) atoms. The summed E-state index contributed by atoms with van der Waals surface area (Å²) in [7, 11) is 0. The number of urea groups is 1. The lowest BCUT2D eigenvalue weighted by atomic mass is 9.67. The number of nitrogens with one attached hydrogen (secondary N) is 1. The van der Waals surface area contributed by atoms with Crippen molar-refractivity contribution in [2.45, 2.75) is 65.1 Å². The topological polar surface area (TPSA) is 67.2 Å². The molecule has 1 aliphatic heterocycles. The molecule has 2 unspecified atom stereocenters. The zero-order chi connectivity index (χ0) is 16.8. The summed E-state index contributed by atoms with van der Waals surface area (Å²) in [6.45, 7) is 8.48. The van der Waals surface area contributed by atoms with Crippen molar-refractivity contribution in [2.24, 2.45) is 11.8 Å². The number of carbonyl (C=O) groups excluding carboxylic acids is 2. The van der Waals surface area contributed by atoms with E-state index in [1.165, 1.54) is 4.90 Å². The molecule has 6 nitrogen and oxygen atoms in total. The van der Waals surface area contributed by atoms with Crippen LogP contribution in [0.1, 0.15) is 58.7 Å². The highest BCUT2D eigenvalue weighted by atomic mass is 16.2. The third-order valence-corrected chi connectivity index (χ3v) is 5.50. The molecule has 2 aliphatic rings. The minimum absolute atomic E-state index is 0.0821. The summed E-state index contributed by atoms with van der Waals surface area (Å²) < 4.78 is 1.84. The minimum Gasteiger partial charge on any atom is -0.323 e. The molecule has 2 atom stereocenters. The number of hydrogen-bond donors (Lipinski definition) is 1.